The van der Waals surface area contributed by atoms with Crippen molar-refractivity contribution >= 4 is 16.3 Å². The van der Waals surface area contributed by atoms with E-state index in [4.69, 9.17) is 5.73 Å². The second kappa shape index (κ2) is 3.38. The molecule has 2 nitrogen and oxygen atoms in total. The Labute approximate surface area is 85.2 Å². The van der Waals surface area contributed by atoms with E-state index in [9.17, 15) is 4.39 Å². The average Bonchev–Trinajstić information content (AvgIpc) is 2.48. The lowest BCUT2D eigenvalue weighted by atomic mass is 10.2. The molecule has 0 radical (unpaired) electrons. The van der Waals surface area contributed by atoms with Crippen LogP contribution in [0.2, 0.25) is 0 Å². The topological polar surface area (TPSA) is 38.9 Å². The van der Waals surface area contributed by atoms with E-state index in [2.05, 4.69) is 4.98 Å². The molecule has 0 spiro atoms. The molecule has 72 valence electrons. The lowest BCUT2D eigenvalue weighted by Gasteiger charge is -1.96. The highest BCUT2D eigenvalue weighted by molar-refractivity contribution is 7.18. The molecule has 1 heterocycles. The third-order valence-electron chi connectivity index (χ3n) is 1.94. The zero-order valence-corrected chi connectivity index (χ0v) is 8.44. The van der Waals surface area contributed by atoms with Crippen molar-refractivity contribution in [2.24, 2.45) is 0 Å². The number of hydrogen-bond acceptors (Lipinski definition) is 3. The Hall–Kier alpha value is -1.42. The monoisotopic (exact) mass is 208 g/mol. The number of aryl methyl sites for hydroxylation is 1. The van der Waals surface area contributed by atoms with E-state index in [0.29, 0.717) is 15.6 Å². The molecule has 2 aromatic rings. The molecule has 4 heteroatoms. The number of hydrogen-bond donors (Lipinski definition) is 1. The Bertz CT molecular complexity index is 445. The van der Waals surface area contributed by atoms with Crippen molar-refractivity contribution in [1.82, 2.24) is 4.98 Å². The number of benzene rings is 1. The maximum absolute atomic E-state index is 13.3. The number of halogens is 1. The molecule has 0 saturated carbocycles. The SMILES string of the molecule is Cc1nc(-c2ccccc2F)sc1N. The Morgan fingerprint density at radius 2 is 2.07 bits per heavy atom. The average molecular weight is 208 g/mol. The van der Waals surface area contributed by atoms with Crippen molar-refractivity contribution in [3.63, 3.8) is 0 Å². The van der Waals surface area contributed by atoms with Crippen LogP contribution in [0.3, 0.4) is 0 Å². The second-order valence-electron chi connectivity index (χ2n) is 2.95. The summed E-state index contributed by atoms with van der Waals surface area (Å²) >= 11 is 1.31. The maximum atomic E-state index is 13.3. The fourth-order valence-electron chi connectivity index (χ4n) is 1.16. The van der Waals surface area contributed by atoms with Gasteiger partial charge in [0, 0.05) is 5.56 Å². The predicted molar refractivity (Wildman–Crippen MR) is 56.7 cm³/mol. The van der Waals surface area contributed by atoms with E-state index in [1.807, 2.05) is 6.92 Å². The maximum Gasteiger partial charge on any atom is 0.133 e. The summed E-state index contributed by atoms with van der Waals surface area (Å²) in [5.74, 6) is -0.263. The van der Waals surface area contributed by atoms with Gasteiger partial charge in [-0.2, -0.15) is 0 Å². The first-order valence-corrected chi connectivity index (χ1v) is 4.98. The Balaban J connectivity index is 2.55. The summed E-state index contributed by atoms with van der Waals surface area (Å²) in [7, 11) is 0. The van der Waals surface area contributed by atoms with Gasteiger partial charge in [0.1, 0.15) is 15.8 Å². The van der Waals surface area contributed by atoms with Gasteiger partial charge >= 0.3 is 0 Å². The van der Waals surface area contributed by atoms with Crippen molar-refractivity contribution in [2.75, 3.05) is 5.73 Å². The van der Waals surface area contributed by atoms with Crippen LogP contribution >= 0.6 is 11.3 Å². The first kappa shape index (κ1) is 9.15. The largest absolute Gasteiger partial charge is 0.389 e. The van der Waals surface area contributed by atoms with Crippen LogP contribution < -0.4 is 5.73 Å². The first-order chi connectivity index (χ1) is 6.68. The van der Waals surface area contributed by atoms with Gasteiger partial charge in [-0.3, -0.25) is 0 Å². The van der Waals surface area contributed by atoms with Crippen molar-refractivity contribution in [3.05, 3.63) is 35.8 Å². The number of rotatable bonds is 1. The first-order valence-electron chi connectivity index (χ1n) is 4.16. The molecule has 2 N–H and O–H groups in total. The van der Waals surface area contributed by atoms with Crippen LogP contribution in [-0.4, -0.2) is 4.98 Å². The summed E-state index contributed by atoms with van der Waals surface area (Å²) < 4.78 is 13.3. The quantitative estimate of drug-likeness (QED) is 0.782. The van der Waals surface area contributed by atoms with Crippen molar-refractivity contribution < 1.29 is 4.39 Å². The van der Waals surface area contributed by atoms with Gasteiger partial charge in [0.2, 0.25) is 0 Å². The minimum absolute atomic E-state index is 0.263. The van der Waals surface area contributed by atoms with Gasteiger partial charge in [0.25, 0.3) is 0 Å². The third kappa shape index (κ3) is 1.48. The van der Waals surface area contributed by atoms with Crippen LogP contribution in [0.4, 0.5) is 9.39 Å². The summed E-state index contributed by atoms with van der Waals surface area (Å²) in [5, 5.41) is 1.28. The van der Waals surface area contributed by atoms with Crippen molar-refractivity contribution in [1.29, 1.82) is 0 Å². The summed E-state index contributed by atoms with van der Waals surface area (Å²) in [6, 6.07) is 6.56. The second-order valence-corrected chi connectivity index (χ2v) is 3.98. The van der Waals surface area contributed by atoms with E-state index < -0.39 is 0 Å². The molecule has 0 fully saturated rings. The highest BCUT2D eigenvalue weighted by Gasteiger charge is 2.09. The zero-order valence-electron chi connectivity index (χ0n) is 7.62. The minimum atomic E-state index is -0.263. The van der Waals surface area contributed by atoms with Crippen LogP contribution in [-0.2, 0) is 0 Å². The molecule has 0 atom stereocenters. The van der Waals surface area contributed by atoms with Gasteiger partial charge in [-0.05, 0) is 19.1 Å². The van der Waals surface area contributed by atoms with Crippen molar-refractivity contribution in [3.8, 4) is 10.6 Å². The lowest BCUT2D eigenvalue weighted by Crippen LogP contribution is -1.83. The summed E-state index contributed by atoms with van der Waals surface area (Å²) in [6.07, 6.45) is 0. The molecule has 1 aromatic heterocycles. The molecule has 0 unspecified atom stereocenters. The van der Waals surface area contributed by atoms with Crippen LogP contribution in [0, 0.1) is 12.7 Å². The highest BCUT2D eigenvalue weighted by atomic mass is 32.1. The lowest BCUT2D eigenvalue weighted by molar-refractivity contribution is 0.631. The van der Waals surface area contributed by atoms with Crippen LogP contribution in [0.25, 0.3) is 10.6 Å². The minimum Gasteiger partial charge on any atom is -0.389 e. The molecule has 0 amide bonds. The van der Waals surface area contributed by atoms with E-state index in [0.717, 1.165) is 5.69 Å². The van der Waals surface area contributed by atoms with Crippen molar-refractivity contribution in [2.45, 2.75) is 6.92 Å². The summed E-state index contributed by atoms with van der Waals surface area (Å²) in [4.78, 5) is 4.19. The Morgan fingerprint density at radius 1 is 1.36 bits per heavy atom. The standard InChI is InChI=1S/C10H9FN2S/c1-6-9(12)14-10(13-6)7-4-2-3-5-8(7)11/h2-5H,12H2,1H3. The molecule has 14 heavy (non-hydrogen) atoms. The smallest absolute Gasteiger partial charge is 0.133 e. The molecule has 0 bridgehead atoms. The van der Waals surface area contributed by atoms with E-state index in [-0.39, 0.29) is 5.82 Å². The van der Waals surface area contributed by atoms with Crippen LogP contribution in [0.1, 0.15) is 5.69 Å². The molecule has 0 aliphatic rings. The molecular formula is C10H9FN2S. The fraction of sp³-hybridized carbons (Fsp3) is 0.100. The number of nitrogens with zero attached hydrogens (tertiary/aromatic N) is 1. The third-order valence-corrected chi connectivity index (χ3v) is 2.96. The highest BCUT2D eigenvalue weighted by Crippen LogP contribution is 2.30. The summed E-state index contributed by atoms with van der Waals surface area (Å²) in [6.45, 7) is 1.82. The molecule has 0 saturated heterocycles. The molecule has 2 rings (SSSR count). The molecule has 0 aliphatic heterocycles. The van der Waals surface area contributed by atoms with Crippen LogP contribution in [0.15, 0.2) is 24.3 Å². The van der Waals surface area contributed by atoms with Gasteiger partial charge in [-0.1, -0.05) is 23.5 Å². The number of nitrogens with two attached hydrogens (primary N) is 1. The van der Waals surface area contributed by atoms with Gasteiger partial charge in [-0.15, -0.1) is 0 Å². The molecule has 0 aliphatic carbocycles. The van der Waals surface area contributed by atoms with E-state index >= 15 is 0 Å². The Morgan fingerprint density at radius 3 is 2.64 bits per heavy atom. The van der Waals surface area contributed by atoms with Crippen LogP contribution in [0.5, 0.6) is 0 Å². The normalized spacial score (nSPS) is 10.4. The van der Waals surface area contributed by atoms with Gasteiger partial charge < -0.3 is 5.73 Å². The number of aromatic nitrogens is 1. The van der Waals surface area contributed by atoms with Gasteiger partial charge in [0.15, 0.2) is 0 Å². The van der Waals surface area contributed by atoms with E-state index in [1.54, 1.807) is 18.2 Å². The number of thiazole rings is 1. The van der Waals surface area contributed by atoms with Gasteiger partial charge in [-0.25, -0.2) is 9.37 Å². The van der Waals surface area contributed by atoms with E-state index in [1.165, 1.54) is 17.4 Å². The summed E-state index contributed by atoms with van der Waals surface area (Å²) in [5.41, 5.74) is 6.93. The predicted octanol–water partition coefficient (Wildman–Crippen LogP) is 2.84. The Kier molecular flexibility index (Phi) is 2.21. The number of nitrogen functional groups attached to an aromatic ring is 1. The number of anilines is 1. The molecular weight excluding hydrogens is 199 g/mol. The molecule has 1 aromatic carbocycles. The van der Waals surface area contributed by atoms with Gasteiger partial charge in [0.05, 0.1) is 5.69 Å². The fourth-order valence-corrected chi connectivity index (χ4v) is 2.02. The zero-order chi connectivity index (χ0) is 10.1.